The molecule has 0 aliphatic heterocycles. The Kier molecular flexibility index (Phi) is 8.65. The number of rotatable bonds is 11. The van der Waals surface area contributed by atoms with Gasteiger partial charge < -0.3 is 9.88 Å². The highest BCUT2D eigenvalue weighted by Gasteiger charge is 1.92. The molecule has 0 radical (unpaired) electrons. The first-order valence-electron chi connectivity index (χ1n) is 7.10. The number of nitrogens with zero attached hydrogens (tertiary/aromatic N) is 2. The molecule has 0 fully saturated rings. The highest BCUT2D eigenvalue weighted by Crippen LogP contribution is 2.03. The summed E-state index contributed by atoms with van der Waals surface area (Å²) in [6.07, 6.45) is 15.2. The van der Waals surface area contributed by atoms with Crippen LogP contribution in [0.3, 0.4) is 0 Å². The normalized spacial score (nSPS) is 10.9. The Morgan fingerprint density at radius 2 is 1.76 bits per heavy atom. The molecule has 1 heterocycles. The number of imidazole rings is 1. The fraction of sp³-hybridized carbons (Fsp3) is 0.786. The molecule has 1 N–H and O–H groups in total. The van der Waals surface area contributed by atoms with Crippen LogP contribution in [0.25, 0.3) is 0 Å². The molecule has 0 aliphatic rings. The van der Waals surface area contributed by atoms with Crippen LogP contribution >= 0.6 is 0 Å². The number of aromatic nitrogens is 2. The lowest BCUT2D eigenvalue weighted by Gasteiger charge is -2.05. The summed E-state index contributed by atoms with van der Waals surface area (Å²) in [5.41, 5.74) is 0. The maximum absolute atomic E-state index is 4.03. The smallest absolute Gasteiger partial charge is 0.0945 e. The molecule has 0 aliphatic carbocycles. The van der Waals surface area contributed by atoms with Gasteiger partial charge in [0.05, 0.1) is 6.33 Å². The second kappa shape index (κ2) is 10.3. The number of aryl methyl sites for hydroxylation is 1. The van der Waals surface area contributed by atoms with Gasteiger partial charge in [0.1, 0.15) is 0 Å². The van der Waals surface area contributed by atoms with Crippen LogP contribution in [0.5, 0.6) is 0 Å². The van der Waals surface area contributed by atoms with Crippen LogP contribution < -0.4 is 5.32 Å². The average Bonchev–Trinajstić information content (AvgIpc) is 2.85. The molecule has 1 aromatic rings. The van der Waals surface area contributed by atoms with Gasteiger partial charge in [0.15, 0.2) is 0 Å². The molecule has 0 spiro atoms. The molecule has 0 atom stereocenters. The van der Waals surface area contributed by atoms with Crippen molar-refractivity contribution in [3.05, 3.63) is 18.7 Å². The van der Waals surface area contributed by atoms with Crippen molar-refractivity contribution in [3.63, 3.8) is 0 Å². The van der Waals surface area contributed by atoms with Crippen molar-refractivity contribution in [2.24, 2.45) is 0 Å². The van der Waals surface area contributed by atoms with Gasteiger partial charge in [-0.15, -0.1) is 0 Å². The molecule has 0 saturated carbocycles. The molecule has 0 unspecified atom stereocenters. The molecule has 1 aromatic heterocycles. The van der Waals surface area contributed by atoms with Crippen molar-refractivity contribution in [2.45, 2.75) is 58.4 Å². The minimum atomic E-state index is 1.07. The van der Waals surface area contributed by atoms with E-state index >= 15 is 0 Å². The molecule has 3 nitrogen and oxygen atoms in total. The van der Waals surface area contributed by atoms with Gasteiger partial charge in [-0.3, -0.25) is 0 Å². The summed E-state index contributed by atoms with van der Waals surface area (Å²) in [4.78, 5) is 4.03. The highest BCUT2D eigenvalue weighted by atomic mass is 15.0. The molecule has 0 bridgehead atoms. The summed E-state index contributed by atoms with van der Waals surface area (Å²) < 4.78 is 2.13. The van der Waals surface area contributed by atoms with Crippen LogP contribution in [-0.2, 0) is 6.54 Å². The quantitative estimate of drug-likeness (QED) is 0.599. The Hall–Kier alpha value is -0.830. The van der Waals surface area contributed by atoms with E-state index in [1.54, 1.807) is 0 Å². The monoisotopic (exact) mass is 237 g/mol. The average molecular weight is 237 g/mol. The zero-order chi connectivity index (χ0) is 12.2. The van der Waals surface area contributed by atoms with Crippen LogP contribution in [0.4, 0.5) is 0 Å². The van der Waals surface area contributed by atoms with E-state index in [1.165, 1.54) is 51.5 Å². The van der Waals surface area contributed by atoms with Crippen LogP contribution in [-0.4, -0.2) is 22.6 Å². The predicted molar refractivity (Wildman–Crippen MR) is 73.1 cm³/mol. The Morgan fingerprint density at radius 3 is 2.53 bits per heavy atom. The van der Waals surface area contributed by atoms with Crippen LogP contribution in [0.15, 0.2) is 18.7 Å². The first kappa shape index (κ1) is 14.2. The van der Waals surface area contributed by atoms with Crippen molar-refractivity contribution in [1.82, 2.24) is 14.9 Å². The van der Waals surface area contributed by atoms with Crippen LogP contribution in [0, 0.1) is 0 Å². The lowest BCUT2D eigenvalue weighted by Crippen LogP contribution is -2.18. The van der Waals surface area contributed by atoms with Crippen LogP contribution in [0.1, 0.15) is 51.9 Å². The zero-order valence-electron chi connectivity index (χ0n) is 11.2. The van der Waals surface area contributed by atoms with Gasteiger partial charge in [-0.25, -0.2) is 4.98 Å². The van der Waals surface area contributed by atoms with Crippen molar-refractivity contribution >= 4 is 0 Å². The van der Waals surface area contributed by atoms with Gasteiger partial charge in [-0.2, -0.15) is 0 Å². The topological polar surface area (TPSA) is 29.9 Å². The third-order valence-electron chi connectivity index (χ3n) is 3.04. The SMILES string of the molecule is CCCCCCCCNCCCn1ccnc1. The Bertz CT molecular complexity index is 244. The summed E-state index contributed by atoms with van der Waals surface area (Å²) in [7, 11) is 0. The fourth-order valence-corrected chi connectivity index (χ4v) is 1.96. The maximum Gasteiger partial charge on any atom is 0.0945 e. The van der Waals surface area contributed by atoms with Crippen molar-refractivity contribution in [2.75, 3.05) is 13.1 Å². The maximum atomic E-state index is 4.03. The van der Waals surface area contributed by atoms with E-state index in [0.717, 1.165) is 13.1 Å². The van der Waals surface area contributed by atoms with E-state index in [0.29, 0.717) is 0 Å². The Balaban J connectivity index is 1.76. The molecule has 17 heavy (non-hydrogen) atoms. The van der Waals surface area contributed by atoms with Gasteiger partial charge in [-0.1, -0.05) is 39.0 Å². The lowest BCUT2D eigenvalue weighted by atomic mass is 10.1. The second-order valence-corrected chi connectivity index (χ2v) is 4.67. The number of nitrogens with one attached hydrogen (secondary N) is 1. The van der Waals surface area contributed by atoms with E-state index in [4.69, 9.17) is 0 Å². The van der Waals surface area contributed by atoms with Gasteiger partial charge >= 0.3 is 0 Å². The number of hydrogen-bond acceptors (Lipinski definition) is 2. The van der Waals surface area contributed by atoms with Gasteiger partial charge in [-0.05, 0) is 25.9 Å². The molecule has 0 amide bonds. The summed E-state index contributed by atoms with van der Waals surface area (Å²) in [6, 6.07) is 0. The van der Waals surface area contributed by atoms with Gasteiger partial charge in [0, 0.05) is 18.9 Å². The minimum absolute atomic E-state index is 1.07. The fourth-order valence-electron chi connectivity index (χ4n) is 1.96. The van der Waals surface area contributed by atoms with E-state index < -0.39 is 0 Å². The minimum Gasteiger partial charge on any atom is -0.337 e. The molecule has 0 saturated heterocycles. The molecular formula is C14H27N3. The Morgan fingerprint density at radius 1 is 1.00 bits per heavy atom. The largest absolute Gasteiger partial charge is 0.337 e. The molecule has 98 valence electrons. The summed E-state index contributed by atoms with van der Waals surface area (Å²) in [6.45, 7) is 5.63. The first-order chi connectivity index (χ1) is 8.43. The van der Waals surface area contributed by atoms with E-state index in [2.05, 4.69) is 21.8 Å². The van der Waals surface area contributed by atoms with Crippen LogP contribution in [0.2, 0.25) is 0 Å². The van der Waals surface area contributed by atoms with Crippen molar-refractivity contribution in [3.8, 4) is 0 Å². The first-order valence-corrected chi connectivity index (χ1v) is 7.10. The van der Waals surface area contributed by atoms with Gasteiger partial charge in [0.25, 0.3) is 0 Å². The molecule has 1 rings (SSSR count). The lowest BCUT2D eigenvalue weighted by molar-refractivity contribution is 0.544. The summed E-state index contributed by atoms with van der Waals surface area (Å²) in [5.74, 6) is 0. The van der Waals surface area contributed by atoms with Crippen molar-refractivity contribution in [1.29, 1.82) is 0 Å². The number of unbranched alkanes of at least 4 members (excludes halogenated alkanes) is 5. The third-order valence-corrected chi connectivity index (χ3v) is 3.04. The molecular weight excluding hydrogens is 210 g/mol. The number of hydrogen-bond donors (Lipinski definition) is 1. The Labute approximate surface area is 106 Å². The van der Waals surface area contributed by atoms with E-state index in [1.807, 2.05) is 18.7 Å². The summed E-state index contributed by atoms with van der Waals surface area (Å²) in [5, 5.41) is 3.50. The predicted octanol–water partition coefficient (Wildman–Crippen LogP) is 3.22. The molecule has 3 heteroatoms. The molecule has 0 aromatic carbocycles. The van der Waals surface area contributed by atoms with E-state index in [9.17, 15) is 0 Å². The zero-order valence-corrected chi connectivity index (χ0v) is 11.2. The summed E-state index contributed by atoms with van der Waals surface area (Å²) >= 11 is 0. The van der Waals surface area contributed by atoms with E-state index in [-0.39, 0.29) is 0 Å². The highest BCUT2D eigenvalue weighted by molar-refractivity contribution is 4.73. The van der Waals surface area contributed by atoms with Crippen molar-refractivity contribution < 1.29 is 0 Å². The third kappa shape index (κ3) is 7.97. The second-order valence-electron chi connectivity index (χ2n) is 4.67. The van der Waals surface area contributed by atoms with Gasteiger partial charge in [0.2, 0.25) is 0 Å². The standard InChI is InChI=1S/C14H27N3/c1-2-3-4-5-6-7-9-15-10-8-12-17-13-11-16-14-17/h11,13-15H,2-10,12H2,1H3.